The van der Waals surface area contributed by atoms with Gasteiger partial charge in [-0.3, -0.25) is 9.98 Å². The van der Waals surface area contributed by atoms with Crippen LogP contribution in [-0.4, -0.2) is 37.1 Å². The van der Waals surface area contributed by atoms with Gasteiger partial charge in [-0.05, 0) is 66.4 Å². The van der Waals surface area contributed by atoms with E-state index in [1.54, 1.807) is 48.5 Å². The van der Waals surface area contributed by atoms with Gasteiger partial charge in [0.15, 0.2) is 0 Å². The van der Waals surface area contributed by atoms with Crippen LogP contribution in [-0.2, 0) is 20.0 Å². The molecule has 2 aliphatic heterocycles. The van der Waals surface area contributed by atoms with Crippen molar-refractivity contribution < 1.29 is 16.8 Å². The van der Waals surface area contributed by atoms with Gasteiger partial charge >= 0.3 is 0 Å². The molecule has 8 nitrogen and oxygen atoms in total. The molecule has 7 aromatic carbocycles. The van der Waals surface area contributed by atoms with Crippen LogP contribution in [0.5, 0.6) is 0 Å². The highest BCUT2D eigenvalue weighted by atomic mass is 32.2. The molecule has 0 aliphatic carbocycles. The van der Waals surface area contributed by atoms with Gasteiger partial charge in [0.1, 0.15) is 23.8 Å². The van der Waals surface area contributed by atoms with Gasteiger partial charge in [0.2, 0.25) is 0 Å². The summed E-state index contributed by atoms with van der Waals surface area (Å²) in [5.74, 6) is 0.483. The number of amidine groups is 2. The van der Waals surface area contributed by atoms with Crippen LogP contribution in [0.1, 0.15) is 68.7 Å². The number of aryl methyl sites for hydroxylation is 2. The molecule has 0 fully saturated rings. The summed E-state index contributed by atoms with van der Waals surface area (Å²) in [5.41, 5.74) is 6.14. The summed E-state index contributed by atoms with van der Waals surface area (Å²) in [6.45, 7) is 3.84. The first-order chi connectivity index (χ1) is 29.1. The lowest BCUT2D eigenvalue weighted by molar-refractivity contribution is 0.420. The molecule has 7 aromatic rings. The van der Waals surface area contributed by atoms with Crippen LogP contribution in [0.25, 0.3) is 0 Å². The summed E-state index contributed by atoms with van der Waals surface area (Å²) in [6, 6.07) is 56.9. The Kier molecular flexibility index (Phi) is 10.3. The van der Waals surface area contributed by atoms with E-state index in [1.165, 1.54) is 8.61 Å². The minimum absolute atomic E-state index is 0.138. The summed E-state index contributed by atoms with van der Waals surface area (Å²) >= 11 is 0. The van der Waals surface area contributed by atoms with E-state index in [9.17, 15) is 0 Å². The number of sulfonamides is 2. The van der Waals surface area contributed by atoms with Gasteiger partial charge in [-0.15, -0.1) is 0 Å². The second kappa shape index (κ2) is 15.9. The molecular formula is C50H42N4O4S2. The second-order valence-corrected chi connectivity index (χ2v) is 18.8. The van der Waals surface area contributed by atoms with E-state index >= 15 is 16.8 Å². The largest absolute Gasteiger partial charge is 0.266 e. The van der Waals surface area contributed by atoms with E-state index in [4.69, 9.17) is 9.98 Å². The van der Waals surface area contributed by atoms with E-state index < -0.39 is 44.2 Å². The molecule has 0 saturated carbocycles. The van der Waals surface area contributed by atoms with Crippen LogP contribution < -0.4 is 0 Å². The Hall–Kier alpha value is -6.62. The Morgan fingerprint density at radius 3 is 1.03 bits per heavy atom. The molecule has 298 valence electrons. The Morgan fingerprint density at radius 2 is 0.700 bits per heavy atom. The van der Waals surface area contributed by atoms with Gasteiger partial charge in [0, 0.05) is 11.1 Å². The number of rotatable bonds is 10. The van der Waals surface area contributed by atoms with Gasteiger partial charge in [0.05, 0.1) is 21.9 Å². The molecule has 2 aliphatic rings. The molecule has 0 N–H and O–H groups in total. The van der Waals surface area contributed by atoms with Crippen molar-refractivity contribution in [3.05, 3.63) is 239 Å². The maximum atomic E-state index is 15.1. The van der Waals surface area contributed by atoms with E-state index in [-0.39, 0.29) is 21.5 Å². The lowest BCUT2D eigenvalue weighted by Gasteiger charge is -2.31. The van der Waals surface area contributed by atoms with Gasteiger partial charge in [-0.2, -0.15) is 0 Å². The highest BCUT2D eigenvalue weighted by Gasteiger charge is 2.48. The van der Waals surface area contributed by atoms with Gasteiger partial charge in [-0.25, -0.2) is 25.4 Å². The fraction of sp³-hybridized carbons (Fsp3) is 0.120. The standard InChI is InChI=1S/C50H42N4O4S2/c1-35-26-30-43(31-27-35)59(55,56)53-47(39-20-11-5-12-21-39)45(37-16-7-3-8-17-37)51-49(53)41-24-15-25-42(34-41)50-52-46(38-18-9-4-10-19-38)48(40-22-13-6-14-23-40)54(50)60(57,58)44-32-28-36(2)29-33-44/h3-34,45-48H,1-2H3/t45-,46-,47-,48-/m0/s1. The minimum Gasteiger partial charge on any atom is -0.256 e. The third-order valence-electron chi connectivity index (χ3n) is 11.1. The van der Waals surface area contributed by atoms with E-state index in [2.05, 4.69) is 0 Å². The fourth-order valence-electron chi connectivity index (χ4n) is 8.16. The maximum absolute atomic E-state index is 15.1. The Balaban J connectivity index is 1.25. The summed E-state index contributed by atoms with van der Waals surface area (Å²) in [5, 5.41) is 0. The molecule has 2 heterocycles. The first kappa shape index (κ1) is 38.9. The molecule has 0 unspecified atom stereocenters. The molecule has 0 saturated heterocycles. The van der Waals surface area contributed by atoms with Crippen molar-refractivity contribution >= 4 is 31.7 Å². The lowest BCUT2D eigenvalue weighted by atomic mass is 9.95. The molecule has 60 heavy (non-hydrogen) atoms. The van der Waals surface area contributed by atoms with Gasteiger partial charge < -0.3 is 0 Å². The Bertz CT molecular complexity index is 2730. The number of hydrogen-bond donors (Lipinski definition) is 0. The smallest absolute Gasteiger partial charge is 0.256 e. The average Bonchev–Trinajstić information content (AvgIpc) is 3.90. The van der Waals surface area contributed by atoms with Crippen molar-refractivity contribution in [1.29, 1.82) is 0 Å². The fourth-order valence-corrected chi connectivity index (χ4v) is 11.4. The van der Waals surface area contributed by atoms with Crippen molar-refractivity contribution in [2.45, 2.75) is 47.8 Å². The van der Waals surface area contributed by atoms with Crippen LogP contribution in [0.3, 0.4) is 0 Å². The van der Waals surface area contributed by atoms with Crippen LogP contribution in [0.4, 0.5) is 0 Å². The molecule has 9 rings (SSSR count). The maximum Gasteiger partial charge on any atom is 0.266 e. The summed E-state index contributed by atoms with van der Waals surface area (Å²) in [6.07, 6.45) is 0. The number of nitrogens with zero attached hydrogens (tertiary/aromatic N) is 4. The predicted molar refractivity (Wildman–Crippen MR) is 237 cm³/mol. The first-order valence-electron chi connectivity index (χ1n) is 19.8. The van der Waals surface area contributed by atoms with Crippen molar-refractivity contribution in [3.63, 3.8) is 0 Å². The van der Waals surface area contributed by atoms with Crippen molar-refractivity contribution in [3.8, 4) is 0 Å². The molecule has 0 aromatic heterocycles. The van der Waals surface area contributed by atoms with Crippen molar-refractivity contribution in [1.82, 2.24) is 8.61 Å². The van der Waals surface area contributed by atoms with Gasteiger partial charge in [-0.1, -0.05) is 175 Å². The SMILES string of the molecule is Cc1ccc(S(=O)(=O)N2C(c3cccc(C4=N[C@@H](c5ccccc5)[C@H](c5ccccc5)N4S(=O)(=O)c4ccc(C)cc4)c3)=N[C@@H](c3ccccc3)[C@@H]2c2ccccc2)cc1. The van der Waals surface area contributed by atoms with E-state index in [1.807, 2.05) is 159 Å². The molecule has 0 bridgehead atoms. The molecule has 0 amide bonds. The average molecular weight is 827 g/mol. The summed E-state index contributed by atoms with van der Waals surface area (Å²) in [7, 11) is -8.44. The monoisotopic (exact) mass is 826 g/mol. The molecule has 0 spiro atoms. The normalized spacial score (nSPS) is 19.2. The van der Waals surface area contributed by atoms with Crippen molar-refractivity contribution in [2.75, 3.05) is 0 Å². The highest BCUT2D eigenvalue weighted by molar-refractivity contribution is 7.90. The molecule has 10 heteroatoms. The second-order valence-electron chi connectivity index (χ2n) is 15.1. The zero-order valence-electron chi connectivity index (χ0n) is 33.0. The molecule has 4 atom stereocenters. The van der Waals surface area contributed by atoms with Gasteiger partial charge in [0.25, 0.3) is 20.0 Å². The van der Waals surface area contributed by atoms with Crippen LogP contribution in [0.15, 0.2) is 214 Å². The van der Waals surface area contributed by atoms with Crippen molar-refractivity contribution in [2.24, 2.45) is 9.98 Å². The van der Waals surface area contributed by atoms with E-state index in [0.29, 0.717) is 11.1 Å². The molecule has 0 radical (unpaired) electrons. The van der Waals surface area contributed by atoms with E-state index in [0.717, 1.165) is 33.4 Å². The zero-order chi connectivity index (χ0) is 41.4. The zero-order valence-corrected chi connectivity index (χ0v) is 34.7. The van der Waals surface area contributed by atoms with Crippen LogP contribution >= 0.6 is 0 Å². The first-order valence-corrected chi connectivity index (χ1v) is 22.7. The highest BCUT2D eigenvalue weighted by Crippen LogP contribution is 2.48. The van der Waals surface area contributed by atoms with Crippen LogP contribution in [0.2, 0.25) is 0 Å². The topological polar surface area (TPSA) is 99.5 Å². The third-order valence-corrected chi connectivity index (χ3v) is 14.7. The number of aliphatic imine (C=N–C) groups is 2. The number of hydrogen-bond acceptors (Lipinski definition) is 6. The quantitative estimate of drug-likeness (QED) is 0.137. The predicted octanol–water partition coefficient (Wildman–Crippen LogP) is 10.2. The Labute approximate surface area is 352 Å². The Morgan fingerprint density at radius 1 is 0.383 bits per heavy atom. The summed E-state index contributed by atoms with van der Waals surface area (Å²) in [4.78, 5) is 10.8. The van der Waals surface area contributed by atoms with Crippen LogP contribution in [0, 0.1) is 13.8 Å². The number of benzene rings is 7. The minimum atomic E-state index is -4.22. The third kappa shape index (κ3) is 7.12. The summed E-state index contributed by atoms with van der Waals surface area (Å²) < 4.78 is 63.4. The lowest BCUT2D eigenvalue weighted by Crippen LogP contribution is -2.39. The molecular weight excluding hydrogens is 785 g/mol.